The van der Waals surface area contributed by atoms with Gasteiger partial charge in [-0.25, -0.2) is 0 Å². The summed E-state index contributed by atoms with van der Waals surface area (Å²) in [4.78, 5) is 21.3. The van der Waals surface area contributed by atoms with Crippen molar-refractivity contribution in [3.8, 4) is 0 Å². The van der Waals surface area contributed by atoms with E-state index in [4.69, 9.17) is 4.74 Å². The van der Waals surface area contributed by atoms with E-state index in [1.165, 1.54) is 13.5 Å². The quantitative estimate of drug-likeness (QED) is 0.479. The summed E-state index contributed by atoms with van der Waals surface area (Å²) in [6.07, 6.45) is -0.146. The minimum atomic E-state index is -0.488. The van der Waals surface area contributed by atoms with E-state index < -0.39 is 5.97 Å². The molecule has 0 unspecified atom stereocenters. The van der Waals surface area contributed by atoms with Crippen molar-refractivity contribution >= 4 is 11.8 Å². The van der Waals surface area contributed by atoms with E-state index in [9.17, 15) is 9.59 Å². The van der Waals surface area contributed by atoms with Gasteiger partial charge in [-0.15, -0.1) is 0 Å². The average molecular weight is 171 g/mol. The van der Waals surface area contributed by atoms with E-state index in [-0.39, 0.29) is 17.6 Å². The molecule has 0 spiro atoms. The SMILES string of the molecule is CC(=O)CC(=O)O[CH]C(C)(C)C. The molecule has 0 aromatic rings. The number of Topliss-reactive ketones (excluding diaryl/α,β-unsaturated/α-hetero) is 1. The van der Waals surface area contributed by atoms with Crippen LogP contribution in [0.5, 0.6) is 0 Å². The molecule has 0 heterocycles. The van der Waals surface area contributed by atoms with Gasteiger partial charge >= 0.3 is 5.97 Å². The van der Waals surface area contributed by atoms with Crippen LogP contribution in [0.3, 0.4) is 0 Å². The molecule has 0 saturated heterocycles. The van der Waals surface area contributed by atoms with Gasteiger partial charge < -0.3 is 4.74 Å². The number of hydrogen-bond acceptors (Lipinski definition) is 3. The molecule has 69 valence electrons. The smallest absolute Gasteiger partial charge is 0.313 e. The molecule has 0 N–H and O–H groups in total. The summed E-state index contributed by atoms with van der Waals surface area (Å²) in [5.74, 6) is -0.667. The minimum Gasteiger partial charge on any atom is -0.457 e. The number of carbonyl (C=O) groups is 2. The van der Waals surface area contributed by atoms with Crippen molar-refractivity contribution in [1.29, 1.82) is 0 Å². The first-order valence-electron chi connectivity index (χ1n) is 3.84. The van der Waals surface area contributed by atoms with Crippen LogP contribution in [0.2, 0.25) is 0 Å². The first-order chi connectivity index (χ1) is 5.31. The molecule has 1 radical (unpaired) electrons. The Morgan fingerprint density at radius 3 is 2.17 bits per heavy atom. The number of carbonyl (C=O) groups excluding carboxylic acids is 2. The Morgan fingerprint density at radius 1 is 1.33 bits per heavy atom. The predicted molar refractivity (Wildman–Crippen MR) is 45.1 cm³/mol. The van der Waals surface area contributed by atoms with E-state index in [2.05, 4.69) is 0 Å². The highest BCUT2D eigenvalue weighted by molar-refractivity contribution is 5.94. The highest BCUT2D eigenvalue weighted by Gasteiger charge is 2.15. The summed E-state index contributed by atoms with van der Waals surface area (Å²) >= 11 is 0. The van der Waals surface area contributed by atoms with Crippen molar-refractivity contribution in [2.75, 3.05) is 0 Å². The highest BCUT2D eigenvalue weighted by atomic mass is 16.5. The van der Waals surface area contributed by atoms with Gasteiger partial charge in [0.05, 0.1) is 0 Å². The maximum atomic E-state index is 10.8. The number of hydrogen-bond donors (Lipinski definition) is 0. The largest absolute Gasteiger partial charge is 0.457 e. The molecular formula is C9H15O3. The number of ketones is 1. The lowest BCUT2D eigenvalue weighted by molar-refractivity contribution is -0.144. The highest BCUT2D eigenvalue weighted by Crippen LogP contribution is 2.17. The van der Waals surface area contributed by atoms with Gasteiger partial charge in [0.25, 0.3) is 0 Å². The minimum absolute atomic E-state index is 0.146. The summed E-state index contributed by atoms with van der Waals surface area (Å²) in [6.45, 7) is 8.53. The molecule has 0 aliphatic carbocycles. The van der Waals surface area contributed by atoms with E-state index in [0.717, 1.165) is 0 Å². The molecule has 0 fully saturated rings. The summed E-state index contributed by atoms with van der Waals surface area (Å²) in [5.41, 5.74) is -0.160. The fraction of sp³-hybridized carbons (Fsp3) is 0.667. The molecule has 12 heavy (non-hydrogen) atoms. The lowest BCUT2D eigenvalue weighted by Crippen LogP contribution is -2.14. The Balaban J connectivity index is 3.65. The second kappa shape index (κ2) is 4.24. The van der Waals surface area contributed by atoms with Gasteiger partial charge in [0.15, 0.2) is 0 Å². The van der Waals surface area contributed by atoms with E-state index in [1.54, 1.807) is 0 Å². The molecule has 0 aliphatic heterocycles. The second-order valence-electron chi connectivity index (χ2n) is 3.85. The van der Waals surface area contributed by atoms with Crippen LogP contribution in [-0.4, -0.2) is 11.8 Å². The van der Waals surface area contributed by atoms with Crippen LogP contribution in [0, 0.1) is 12.0 Å². The molecule has 3 heteroatoms. The summed E-state index contributed by atoms with van der Waals surface area (Å²) in [5, 5.41) is 0. The fourth-order valence-corrected chi connectivity index (χ4v) is 0.487. The maximum absolute atomic E-state index is 10.8. The second-order valence-corrected chi connectivity index (χ2v) is 3.85. The maximum Gasteiger partial charge on any atom is 0.313 e. The van der Waals surface area contributed by atoms with Crippen LogP contribution in [0.25, 0.3) is 0 Å². The van der Waals surface area contributed by atoms with Crippen molar-refractivity contribution in [3.05, 3.63) is 6.61 Å². The van der Waals surface area contributed by atoms with Gasteiger partial charge in [-0.05, 0) is 6.92 Å². The first-order valence-corrected chi connectivity index (χ1v) is 3.84. The van der Waals surface area contributed by atoms with Crippen molar-refractivity contribution in [2.45, 2.75) is 34.1 Å². The molecule has 0 bridgehead atoms. The lowest BCUT2D eigenvalue weighted by Gasteiger charge is -2.16. The molecule has 0 amide bonds. The zero-order valence-corrected chi connectivity index (χ0v) is 8.01. The molecular weight excluding hydrogens is 156 g/mol. The van der Waals surface area contributed by atoms with Gasteiger partial charge in [-0.3, -0.25) is 9.59 Å². The molecule has 0 aliphatic rings. The summed E-state index contributed by atoms with van der Waals surface area (Å²) < 4.78 is 4.73. The fourth-order valence-electron chi connectivity index (χ4n) is 0.487. The molecule has 0 atom stereocenters. The first kappa shape index (κ1) is 11.1. The van der Waals surface area contributed by atoms with Crippen LogP contribution >= 0.6 is 0 Å². The normalized spacial score (nSPS) is 11.0. The third kappa shape index (κ3) is 7.25. The van der Waals surface area contributed by atoms with Crippen molar-refractivity contribution in [3.63, 3.8) is 0 Å². The summed E-state index contributed by atoms with van der Waals surface area (Å²) in [7, 11) is 0. The number of ether oxygens (including phenoxy) is 1. The summed E-state index contributed by atoms with van der Waals surface area (Å²) in [6, 6.07) is 0. The van der Waals surface area contributed by atoms with Gasteiger partial charge in [-0.1, -0.05) is 20.8 Å². The van der Waals surface area contributed by atoms with Crippen LogP contribution in [0.4, 0.5) is 0 Å². The number of esters is 1. The van der Waals surface area contributed by atoms with Gasteiger partial charge in [-0.2, -0.15) is 0 Å². The third-order valence-corrected chi connectivity index (χ3v) is 0.937. The lowest BCUT2D eigenvalue weighted by atomic mass is 9.99. The monoisotopic (exact) mass is 171 g/mol. The Kier molecular flexibility index (Phi) is 3.93. The third-order valence-electron chi connectivity index (χ3n) is 0.937. The topological polar surface area (TPSA) is 43.4 Å². The van der Waals surface area contributed by atoms with E-state index in [1.807, 2.05) is 20.8 Å². The Labute approximate surface area is 73.1 Å². The van der Waals surface area contributed by atoms with Crippen LogP contribution in [-0.2, 0) is 14.3 Å². The van der Waals surface area contributed by atoms with Crippen LogP contribution in [0.15, 0.2) is 0 Å². The van der Waals surface area contributed by atoms with Crippen LogP contribution < -0.4 is 0 Å². The average Bonchev–Trinajstić information content (AvgIpc) is 1.80. The van der Waals surface area contributed by atoms with Gasteiger partial charge in [0.1, 0.15) is 18.8 Å². The van der Waals surface area contributed by atoms with Crippen LogP contribution in [0.1, 0.15) is 34.1 Å². The predicted octanol–water partition coefficient (Wildman–Crippen LogP) is 1.72. The molecule has 3 nitrogen and oxygen atoms in total. The van der Waals surface area contributed by atoms with E-state index >= 15 is 0 Å². The van der Waals surface area contributed by atoms with Gasteiger partial charge in [0, 0.05) is 5.41 Å². The Bertz CT molecular complexity index is 177. The zero-order chi connectivity index (χ0) is 9.78. The van der Waals surface area contributed by atoms with Crippen molar-refractivity contribution in [2.24, 2.45) is 5.41 Å². The molecule has 0 aromatic carbocycles. The van der Waals surface area contributed by atoms with Gasteiger partial charge in [0.2, 0.25) is 0 Å². The molecule has 0 saturated carbocycles. The molecule has 0 aromatic heterocycles. The molecule has 0 rings (SSSR count). The Morgan fingerprint density at radius 2 is 1.83 bits per heavy atom. The number of rotatable bonds is 3. The van der Waals surface area contributed by atoms with Crippen molar-refractivity contribution in [1.82, 2.24) is 0 Å². The van der Waals surface area contributed by atoms with E-state index in [0.29, 0.717) is 0 Å². The van der Waals surface area contributed by atoms with Crippen molar-refractivity contribution < 1.29 is 14.3 Å². The Hall–Kier alpha value is -0.860. The zero-order valence-electron chi connectivity index (χ0n) is 8.01. The standard InChI is InChI=1S/C9H15O3/c1-7(10)5-8(11)12-6-9(2,3)4/h6H,5H2,1-4H3.